The predicted molar refractivity (Wildman–Crippen MR) is 63.0 cm³/mol. The first-order valence-electron chi connectivity index (χ1n) is 5.08. The zero-order valence-corrected chi connectivity index (χ0v) is 10.3. The molecule has 88 valence electrons. The zero-order chi connectivity index (χ0) is 12.4. The number of halogens is 1. The van der Waals surface area contributed by atoms with Crippen molar-refractivity contribution in [3.8, 4) is 0 Å². The Morgan fingerprint density at radius 2 is 2.24 bits per heavy atom. The lowest BCUT2D eigenvalue weighted by atomic mass is 10.1. The molecule has 0 radical (unpaired) electrons. The minimum Gasteiger partial charge on any atom is -0.294 e. The molecule has 0 atom stereocenters. The van der Waals surface area contributed by atoms with Crippen molar-refractivity contribution in [3.63, 3.8) is 0 Å². The van der Waals surface area contributed by atoms with Crippen LogP contribution in [0.4, 0.5) is 0 Å². The van der Waals surface area contributed by atoms with Crippen LogP contribution in [-0.4, -0.2) is 26.0 Å². The maximum atomic E-state index is 11.9. The summed E-state index contributed by atoms with van der Waals surface area (Å²) in [7, 11) is 1.66. The van der Waals surface area contributed by atoms with Crippen LogP contribution in [0, 0.1) is 6.92 Å². The van der Waals surface area contributed by atoms with Crippen molar-refractivity contribution in [1.82, 2.24) is 20.2 Å². The molecule has 0 amide bonds. The maximum Gasteiger partial charge on any atom is 0.182 e. The smallest absolute Gasteiger partial charge is 0.182 e. The van der Waals surface area contributed by atoms with Gasteiger partial charge in [0.15, 0.2) is 11.6 Å². The second-order valence-electron chi connectivity index (χ2n) is 3.76. The summed E-state index contributed by atoms with van der Waals surface area (Å²) in [5.74, 6) is 0.378. The Hall–Kier alpha value is -1.75. The fraction of sp³-hybridized carbons (Fsp3) is 0.273. The van der Waals surface area contributed by atoms with E-state index < -0.39 is 0 Å². The van der Waals surface area contributed by atoms with Crippen LogP contribution in [0.2, 0.25) is 5.02 Å². The van der Waals surface area contributed by atoms with Gasteiger partial charge in [0.2, 0.25) is 0 Å². The summed E-state index contributed by atoms with van der Waals surface area (Å²) < 4.78 is 0. The van der Waals surface area contributed by atoms with Crippen LogP contribution in [0.25, 0.3) is 0 Å². The van der Waals surface area contributed by atoms with Crippen molar-refractivity contribution >= 4 is 17.4 Å². The molecule has 5 nitrogen and oxygen atoms in total. The minimum absolute atomic E-state index is 0.0437. The number of aryl methyl sites for hydroxylation is 2. The summed E-state index contributed by atoms with van der Waals surface area (Å²) in [6, 6.07) is 5.18. The Morgan fingerprint density at radius 1 is 1.47 bits per heavy atom. The van der Waals surface area contributed by atoms with Crippen molar-refractivity contribution < 1.29 is 4.79 Å². The number of aromatic nitrogens is 4. The van der Waals surface area contributed by atoms with E-state index in [9.17, 15) is 4.79 Å². The molecule has 1 aromatic heterocycles. The molecule has 17 heavy (non-hydrogen) atoms. The molecule has 0 spiro atoms. The Balaban J connectivity index is 2.17. The standard InChI is InChI=1S/C11H11ClN4O/c1-7-5-8(3-4-9(7)12)10(17)6-11-13-15-16(2)14-11/h3-5H,6H2,1-2H3. The largest absolute Gasteiger partial charge is 0.294 e. The number of Topliss-reactive ketones (excluding diaryl/α,β-unsaturated/α-hetero) is 1. The average molecular weight is 251 g/mol. The monoisotopic (exact) mass is 250 g/mol. The summed E-state index contributed by atoms with van der Waals surface area (Å²) in [5.41, 5.74) is 1.49. The molecule has 0 aliphatic heterocycles. The van der Waals surface area contributed by atoms with Gasteiger partial charge in [0, 0.05) is 10.6 Å². The molecular formula is C11H11ClN4O. The topological polar surface area (TPSA) is 60.7 Å². The van der Waals surface area contributed by atoms with Gasteiger partial charge in [-0.2, -0.15) is 4.80 Å². The van der Waals surface area contributed by atoms with Gasteiger partial charge < -0.3 is 0 Å². The molecule has 0 fully saturated rings. The van der Waals surface area contributed by atoms with E-state index >= 15 is 0 Å². The van der Waals surface area contributed by atoms with Gasteiger partial charge in [0.25, 0.3) is 0 Å². The van der Waals surface area contributed by atoms with E-state index in [0.717, 1.165) is 5.56 Å². The van der Waals surface area contributed by atoms with Crippen LogP contribution >= 0.6 is 11.6 Å². The van der Waals surface area contributed by atoms with E-state index in [-0.39, 0.29) is 12.2 Å². The molecular weight excluding hydrogens is 240 g/mol. The molecule has 1 aromatic carbocycles. The van der Waals surface area contributed by atoms with Crippen molar-refractivity contribution in [2.45, 2.75) is 13.3 Å². The number of carbonyl (C=O) groups is 1. The quantitative estimate of drug-likeness (QED) is 0.777. The summed E-state index contributed by atoms with van der Waals surface area (Å²) in [6.07, 6.45) is 0.148. The zero-order valence-electron chi connectivity index (χ0n) is 9.51. The van der Waals surface area contributed by atoms with Crippen LogP contribution < -0.4 is 0 Å². The third kappa shape index (κ3) is 2.68. The number of carbonyl (C=O) groups excluding carboxylic acids is 1. The molecule has 0 aliphatic rings. The Kier molecular flexibility index (Phi) is 3.19. The fourth-order valence-corrected chi connectivity index (χ4v) is 1.58. The van der Waals surface area contributed by atoms with Gasteiger partial charge in [-0.05, 0) is 35.9 Å². The highest BCUT2D eigenvalue weighted by Gasteiger charge is 2.11. The summed E-state index contributed by atoms with van der Waals surface area (Å²) >= 11 is 5.90. The number of hydrogen-bond acceptors (Lipinski definition) is 4. The van der Waals surface area contributed by atoms with E-state index in [1.165, 1.54) is 4.80 Å². The van der Waals surface area contributed by atoms with E-state index in [2.05, 4.69) is 15.4 Å². The highest BCUT2D eigenvalue weighted by Crippen LogP contribution is 2.17. The first kappa shape index (κ1) is 11.7. The molecule has 6 heteroatoms. The maximum absolute atomic E-state index is 11.9. The molecule has 0 bridgehead atoms. The number of ketones is 1. The van der Waals surface area contributed by atoms with Crippen molar-refractivity contribution in [2.75, 3.05) is 0 Å². The molecule has 0 saturated heterocycles. The molecule has 2 rings (SSSR count). The summed E-state index contributed by atoms with van der Waals surface area (Å²) in [6.45, 7) is 1.86. The molecule has 0 N–H and O–H groups in total. The van der Waals surface area contributed by atoms with Crippen LogP contribution in [0.5, 0.6) is 0 Å². The second kappa shape index (κ2) is 4.63. The average Bonchev–Trinajstić information content (AvgIpc) is 2.68. The lowest BCUT2D eigenvalue weighted by Gasteiger charge is -2.01. The van der Waals surface area contributed by atoms with Crippen LogP contribution in [0.1, 0.15) is 21.7 Å². The highest BCUT2D eigenvalue weighted by molar-refractivity contribution is 6.31. The van der Waals surface area contributed by atoms with Crippen LogP contribution in [0.3, 0.4) is 0 Å². The number of hydrogen-bond donors (Lipinski definition) is 0. The third-order valence-electron chi connectivity index (χ3n) is 2.35. The van der Waals surface area contributed by atoms with Gasteiger partial charge >= 0.3 is 0 Å². The second-order valence-corrected chi connectivity index (χ2v) is 4.17. The number of rotatable bonds is 3. The summed E-state index contributed by atoms with van der Waals surface area (Å²) in [5, 5.41) is 12.1. The van der Waals surface area contributed by atoms with E-state index in [4.69, 9.17) is 11.6 Å². The minimum atomic E-state index is -0.0437. The lowest BCUT2D eigenvalue weighted by Crippen LogP contribution is -2.06. The van der Waals surface area contributed by atoms with Gasteiger partial charge in [0.1, 0.15) is 0 Å². The number of tetrazole rings is 1. The van der Waals surface area contributed by atoms with Crippen LogP contribution in [0.15, 0.2) is 18.2 Å². The number of benzene rings is 1. The van der Waals surface area contributed by atoms with Crippen molar-refractivity contribution in [3.05, 3.63) is 40.2 Å². The summed E-state index contributed by atoms with van der Waals surface area (Å²) in [4.78, 5) is 13.3. The fourth-order valence-electron chi connectivity index (χ4n) is 1.46. The van der Waals surface area contributed by atoms with Gasteiger partial charge in [-0.1, -0.05) is 11.6 Å². The van der Waals surface area contributed by atoms with Gasteiger partial charge in [-0.25, -0.2) is 0 Å². The van der Waals surface area contributed by atoms with Crippen molar-refractivity contribution in [2.24, 2.45) is 7.05 Å². The van der Waals surface area contributed by atoms with Gasteiger partial charge in [-0.15, -0.1) is 10.2 Å². The molecule has 0 aliphatic carbocycles. The lowest BCUT2D eigenvalue weighted by molar-refractivity contribution is 0.0990. The first-order valence-corrected chi connectivity index (χ1v) is 5.46. The Bertz CT molecular complexity index is 564. The predicted octanol–water partition coefficient (Wildman–Crippen LogP) is 1.60. The Labute approximate surface area is 103 Å². The first-order chi connectivity index (χ1) is 8.06. The van der Waals surface area contributed by atoms with Crippen LogP contribution in [-0.2, 0) is 13.5 Å². The normalized spacial score (nSPS) is 10.5. The van der Waals surface area contributed by atoms with Crippen molar-refractivity contribution in [1.29, 1.82) is 0 Å². The number of nitrogens with zero attached hydrogens (tertiary/aromatic N) is 4. The molecule has 0 saturated carbocycles. The third-order valence-corrected chi connectivity index (χ3v) is 2.77. The van der Waals surface area contributed by atoms with E-state index in [1.54, 1.807) is 25.2 Å². The molecule has 0 unspecified atom stereocenters. The van der Waals surface area contributed by atoms with E-state index in [1.807, 2.05) is 6.92 Å². The van der Waals surface area contributed by atoms with E-state index in [0.29, 0.717) is 16.4 Å². The molecule has 1 heterocycles. The van der Waals surface area contributed by atoms with Gasteiger partial charge in [-0.3, -0.25) is 4.79 Å². The van der Waals surface area contributed by atoms with Gasteiger partial charge in [0.05, 0.1) is 13.5 Å². The SMILES string of the molecule is Cc1cc(C(=O)Cc2nnn(C)n2)ccc1Cl. The highest BCUT2D eigenvalue weighted by atomic mass is 35.5. The molecule has 2 aromatic rings. The Morgan fingerprint density at radius 3 is 2.82 bits per heavy atom.